The molecule has 1 aliphatic carbocycles. The molecule has 1 aromatic rings. The first kappa shape index (κ1) is 12.1. The molecule has 2 heterocycles. The van der Waals surface area contributed by atoms with E-state index in [1.54, 1.807) is 0 Å². The summed E-state index contributed by atoms with van der Waals surface area (Å²) in [7, 11) is 0. The van der Waals surface area contributed by atoms with Gasteiger partial charge in [-0.2, -0.15) is 10.2 Å². The molecular weight excluding hydrogens is 246 g/mol. The van der Waals surface area contributed by atoms with Gasteiger partial charge in [-0.25, -0.2) is 4.98 Å². The molecule has 7 nitrogen and oxygen atoms in total. The number of aliphatic hydroxyl groups excluding tert-OH is 2. The summed E-state index contributed by atoms with van der Waals surface area (Å²) < 4.78 is 0. The molecule has 2 aliphatic rings. The van der Waals surface area contributed by atoms with Crippen molar-refractivity contribution < 1.29 is 10.2 Å². The average Bonchev–Trinajstić information content (AvgIpc) is 2.81. The maximum Gasteiger partial charge on any atom is 0.227 e. The molecule has 0 spiro atoms. The minimum atomic E-state index is -0.325. The Hall–Kier alpha value is -1.91. The van der Waals surface area contributed by atoms with E-state index >= 15 is 0 Å². The van der Waals surface area contributed by atoms with Crippen molar-refractivity contribution >= 4 is 11.8 Å². The Morgan fingerprint density at radius 1 is 1.42 bits per heavy atom. The molecule has 0 radical (unpaired) electrons. The first-order valence-corrected chi connectivity index (χ1v) is 6.15. The van der Waals surface area contributed by atoms with Gasteiger partial charge < -0.3 is 20.8 Å². The molecule has 2 fully saturated rings. The third-order valence-electron chi connectivity index (χ3n) is 4.49. The number of nitrogen functional groups attached to an aromatic ring is 1. The van der Waals surface area contributed by atoms with Crippen LogP contribution in [0.2, 0.25) is 0 Å². The third-order valence-corrected chi connectivity index (χ3v) is 4.49. The van der Waals surface area contributed by atoms with Crippen molar-refractivity contribution in [3.05, 3.63) is 11.8 Å². The van der Waals surface area contributed by atoms with E-state index in [4.69, 9.17) is 11.0 Å². The minimum absolute atomic E-state index is 0.0169. The Kier molecular flexibility index (Phi) is 2.59. The lowest BCUT2D eigenvalue weighted by atomic mass is 10.0. The van der Waals surface area contributed by atoms with Crippen LogP contribution in [0.3, 0.4) is 0 Å². The van der Waals surface area contributed by atoms with Gasteiger partial charge in [-0.05, 0) is 11.8 Å². The SMILES string of the molecule is N#Cc1cnc(N2CC3C(C2)C3(CO)CO)nc1N. The van der Waals surface area contributed by atoms with Gasteiger partial charge in [0.25, 0.3) is 0 Å². The van der Waals surface area contributed by atoms with Crippen LogP contribution >= 0.6 is 0 Å². The number of nitrogens with zero attached hydrogens (tertiary/aromatic N) is 4. The van der Waals surface area contributed by atoms with E-state index in [9.17, 15) is 10.2 Å². The summed E-state index contributed by atoms with van der Waals surface area (Å²) in [5.74, 6) is 1.25. The van der Waals surface area contributed by atoms with Gasteiger partial charge in [-0.15, -0.1) is 0 Å². The molecule has 0 amide bonds. The summed E-state index contributed by atoms with van der Waals surface area (Å²) in [5.41, 5.74) is 5.62. The lowest BCUT2D eigenvalue weighted by Crippen LogP contribution is -2.33. The van der Waals surface area contributed by atoms with E-state index in [2.05, 4.69) is 9.97 Å². The van der Waals surface area contributed by atoms with E-state index in [-0.39, 0.29) is 41.8 Å². The lowest BCUT2D eigenvalue weighted by Gasteiger charge is -2.24. The first-order valence-electron chi connectivity index (χ1n) is 6.15. The summed E-state index contributed by atoms with van der Waals surface area (Å²) in [6, 6.07) is 1.93. The number of anilines is 2. The van der Waals surface area contributed by atoms with Gasteiger partial charge in [0.2, 0.25) is 5.95 Å². The minimum Gasteiger partial charge on any atom is -0.396 e. The second-order valence-corrected chi connectivity index (χ2v) is 5.25. The van der Waals surface area contributed by atoms with Gasteiger partial charge >= 0.3 is 0 Å². The predicted molar refractivity (Wildman–Crippen MR) is 67.0 cm³/mol. The van der Waals surface area contributed by atoms with Crippen molar-refractivity contribution in [2.45, 2.75) is 0 Å². The Balaban J connectivity index is 1.75. The number of rotatable bonds is 3. The number of nitrogens with two attached hydrogens (primary N) is 1. The molecule has 4 N–H and O–H groups in total. The van der Waals surface area contributed by atoms with Crippen LogP contribution in [0.15, 0.2) is 6.20 Å². The zero-order chi connectivity index (χ0) is 13.6. The summed E-state index contributed by atoms with van der Waals surface area (Å²) in [6.45, 7) is 1.44. The number of nitriles is 1. The molecule has 2 unspecified atom stereocenters. The van der Waals surface area contributed by atoms with Crippen molar-refractivity contribution in [1.82, 2.24) is 9.97 Å². The van der Waals surface area contributed by atoms with Crippen LogP contribution in [0, 0.1) is 28.6 Å². The highest BCUT2D eigenvalue weighted by atomic mass is 16.3. The molecule has 7 heteroatoms. The van der Waals surface area contributed by atoms with Crippen LogP contribution < -0.4 is 10.6 Å². The van der Waals surface area contributed by atoms with Gasteiger partial charge in [-0.3, -0.25) is 0 Å². The van der Waals surface area contributed by atoms with Crippen LogP contribution in [0.4, 0.5) is 11.8 Å². The molecular formula is C12H15N5O2. The average molecular weight is 261 g/mol. The normalized spacial score (nSPS) is 26.9. The smallest absolute Gasteiger partial charge is 0.227 e. The monoisotopic (exact) mass is 261 g/mol. The number of aliphatic hydroxyl groups is 2. The molecule has 2 atom stereocenters. The fourth-order valence-corrected chi connectivity index (χ4v) is 3.14. The zero-order valence-electron chi connectivity index (χ0n) is 10.3. The number of aromatic nitrogens is 2. The molecule has 100 valence electrons. The van der Waals surface area contributed by atoms with E-state index < -0.39 is 0 Å². The third kappa shape index (κ3) is 1.57. The van der Waals surface area contributed by atoms with Gasteiger partial charge in [0.1, 0.15) is 17.5 Å². The van der Waals surface area contributed by atoms with Crippen LogP contribution in [0.25, 0.3) is 0 Å². The summed E-state index contributed by atoms with van der Waals surface area (Å²) in [4.78, 5) is 10.2. The molecule has 1 saturated heterocycles. The van der Waals surface area contributed by atoms with Crippen molar-refractivity contribution in [2.75, 3.05) is 36.9 Å². The van der Waals surface area contributed by atoms with Gasteiger partial charge in [0.05, 0.1) is 19.4 Å². The van der Waals surface area contributed by atoms with E-state index in [1.165, 1.54) is 6.20 Å². The van der Waals surface area contributed by atoms with Crippen LogP contribution in [0.1, 0.15) is 5.56 Å². The highest BCUT2D eigenvalue weighted by molar-refractivity contribution is 5.51. The molecule has 1 aromatic heterocycles. The number of hydrogen-bond acceptors (Lipinski definition) is 7. The molecule has 3 rings (SSSR count). The first-order chi connectivity index (χ1) is 9.16. The Morgan fingerprint density at radius 2 is 2.05 bits per heavy atom. The van der Waals surface area contributed by atoms with Crippen LogP contribution in [-0.4, -0.2) is 46.5 Å². The predicted octanol–water partition coefficient (Wildman–Crippen LogP) is -1.03. The molecule has 0 bridgehead atoms. The molecule has 0 aromatic carbocycles. The van der Waals surface area contributed by atoms with E-state index in [0.29, 0.717) is 19.0 Å². The lowest BCUT2D eigenvalue weighted by molar-refractivity contribution is 0.109. The molecule has 1 aliphatic heterocycles. The quantitative estimate of drug-likeness (QED) is 0.636. The van der Waals surface area contributed by atoms with Crippen molar-refractivity contribution in [1.29, 1.82) is 5.26 Å². The second-order valence-electron chi connectivity index (χ2n) is 5.25. The van der Waals surface area contributed by atoms with Crippen molar-refractivity contribution in [3.63, 3.8) is 0 Å². The number of fused-ring (bicyclic) bond motifs is 1. The molecule has 1 saturated carbocycles. The van der Waals surface area contributed by atoms with Gasteiger partial charge in [0.15, 0.2) is 0 Å². The Labute approximate surface area is 110 Å². The van der Waals surface area contributed by atoms with Crippen LogP contribution in [-0.2, 0) is 0 Å². The number of hydrogen-bond donors (Lipinski definition) is 3. The Bertz CT molecular complexity index is 538. The highest BCUT2D eigenvalue weighted by Crippen LogP contribution is 2.62. The maximum atomic E-state index is 9.37. The summed E-state index contributed by atoms with van der Waals surface area (Å²) >= 11 is 0. The topological polar surface area (TPSA) is 119 Å². The van der Waals surface area contributed by atoms with Crippen molar-refractivity contribution in [2.24, 2.45) is 17.3 Å². The largest absolute Gasteiger partial charge is 0.396 e. The summed E-state index contributed by atoms with van der Waals surface area (Å²) in [6.07, 6.45) is 1.42. The standard InChI is InChI=1S/C12H15N5O2/c13-1-7-2-15-11(16-10(7)14)17-3-8-9(4-17)12(8,5-18)6-19/h2,8-9,18-19H,3-6H2,(H2,14,15,16). The fraction of sp³-hybridized carbons (Fsp3) is 0.583. The van der Waals surface area contributed by atoms with E-state index in [0.717, 1.165) is 0 Å². The Morgan fingerprint density at radius 3 is 2.53 bits per heavy atom. The van der Waals surface area contributed by atoms with Gasteiger partial charge in [0, 0.05) is 18.5 Å². The zero-order valence-corrected chi connectivity index (χ0v) is 10.3. The van der Waals surface area contributed by atoms with Gasteiger partial charge in [-0.1, -0.05) is 0 Å². The van der Waals surface area contributed by atoms with E-state index in [1.807, 2.05) is 11.0 Å². The molecule has 19 heavy (non-hydrogen) atoms. The fourth-order valence-electron chi connectivity index (χ4n) is 3.14. The van der Waals surface area contributed by atoms with Crippen molar-refractivity contribution in [3.8, 4) is 6.07 Å². The number of piperidine rings is 1. The highest BCUT2D eigenvalue weighted by Gasteiger charge is 2.67. The maximum absolute atomic E-state index is 9.37. The summed E-state index contributed by atoms with van der Waals surface area (Å²) in [5, 5.41) is 27.5. The second kappa shape index (κ2) is 4.05. The van der Waals surface area contributed by atoms with Crippen LogP contribution in [0.5, 0.6) is 0 Å².